The normalized spacial score (nSPS) is 21.9. The van der Waals surface area contributed by atoms with E-state index in [9.17, 15) is 14.4 Å². The number of carbonyl (C=O) groups excluding carboxylic acids is 3. The van der Waals surface area contributed by atoms with Gasteiger partial charge in [0.2, 0.25) is 11.8 Å². The quantitative estimate of drug-likeness (QED) is 0.849. The third-order valence-electron chi connectivity index (χ3n) is 5.52. The summed E-state index contributed by atoms with van der Waals surface area (Å²) >= 11 is 0. The van der Waals surface area contributed by atoms with Gasteiger partial charge in [0.15, 0.2) is 0 Å². The van der Waals surface area contributed by atoms with Gasteiger partial charge in [0.05, 0.1) is 17.5 Å². The van der Waals surface area contributed by atoms with Crippen LogP contribution < -0.4 is 10.2 Å². The molecule has 2 aromatic carbocycles. The highest BCUT2D eigenvalue weighted by atomic mass is 16.2. The second kappa shape index (κ2) is 7.35. The Labute approximate surface area is 158 Å². The summed E-state index contributed by atoms with van der Waals surface area (Å²) in [5, 5.41) is 2.88. The highest BCUT2D eigenvalue weighted by Gasteiger charge is 2.48. The molecule has 2 aliphatic rings. The summed E-state index contributed by atoms with van der Waals surface area (Å²) in [5.74, 6) is -0.699. The number of fused-ring (bicyclic) bond motifs is 1. The van der Waals surface area contributed by atoms with Crippen molar-refractivity contribution in [1.29, 1.82) is 0 Å². The maximum absolute atomic E-state index is 12.7. The van der Waals surface area contributed by atoms with Crippen molar-refractivity contribution in [3.05, 3.63) is 65.7 Å². The van der Waals surface area contributed by atoms with Gasteiger partial charge in [-0.05, 0) is 42.7 Å². The smallest absolute Gasteiger partial charge is 0.251 e. The van der Waals surface area contributed by atoms with Crippen LogP contribution in [0.1, 0.15) is 41.6 Å². The third kappa shape index (κ3) is 3.37. The summed E-state index contributed by atoms with van der Waals surface area (Å²) in [7, 11) is 0. The summed E-state index contributed by atoms with van der Waals surface area (Å²) in [6, 6.07) is 16.4. The molecule has 1 saturated heterocycles. The fourth-order valence-corrected chi connectivity index (χ4v) is 4.06. The van der Waals surface area contributed by atoms with Crippen LogP contribution in [0.2, 0.25) is 0 Å². The second-order valence-electron chi connectivity index (χ2n) is 7.22. The molecule has 27 heavy (non-hydrogen) atoms. The molecule has 1 aliphatic heterocycles. The standard InChI is InChI=1S/C22H22N2O3/c25-20(23-14-15-6-2-1-3-7-15)16-10-12-17(13-11-16)24-21(26)18-8-4-5-9-19(18)22(24)27/h1-3,6-7,10-13,18-19H,4-5,8-9,14H2,(H,23,25)/t18-,19-/m1/s1. The van der Waals surface area contributed by atoms with E-state index in [0.717, 1.165) is 31.2 Å². The van der Waals surface area contributed by atoms with Crippen molar-refractivity contribution in [2.75, 3.05) is 4.90 Å². The molecule has 2 aromatic rings. The van der Waals surface area contributed by atoms with Crippen LogP contribution in [0.25, 0.3) is 0 Å². The Balaban J connectivity index is 1.45. The van der Waals surface area contributed by atoms with Gasteiger partial charge in [-0.2, -0.15) is 0 Å². The van der Waals surface area contributed by atoms with Crippen LogP contribution in [0.5, 0.6) is 0 Å². The number of amides is 3. The summed E-state index contributed by atoms with van der Waals surface area (Å²) in [5.41, 5.74) is 2.09. The van der Waals surface area contributed by atoms with Crippen LogP contribution in [0, 0.1) is 11.8 Å². The maximum Gasteiger partial charge on any atom is 0.251 e. The second-order valence-corrected chi connectivity index (χ2v) is 7.22. The zero-order valence-electron chi connectivity index (χ0n) is 15.1. The minimum atomic E-state index is -0.182. The molecule has 0 unspecified atom stereocenters. The Bertz CT molecular complexity index is 837. The van der Waals surface area contributed by atoms with Crippen molar-refractivity contribution in [2.24, 2.45) is 11.8 Å². The van der Waals surface area contributed by atoms with Gasteiger partial charge in [-0.15, -0.1) is 0 Å². The summed E-state index contributed by atoms with van der Waals surface area (Å²) in [6.07, 6.45) is 3.61. The molecule has 5 heteroatoms. The first-order valence-electron chi connectivity index (χ1n) is 9.45. The van der Waals surface area contributed by atoms with Gasteiger partial charge in [-0.3, -0.25) is 19.3 Å². The predicted molar refractivity (Wildman–Crippen MR) is 102 cm³/mol. The largest absolute Gasteiger partial charge is 0.348 e. The van der Waals surface area contributed by atoms with Crippen LogP contribution in [0.4, 0.5) is 5.69 Å². The fourth-order valence-electron chi connectivity index (χ4n) is 4.06. The lowest BCUT2D eigenvalue weighted by molar-refractivity contribution is -0.122. The van der Waals surface area contributed by atoms with E-state index in [-0.39, 0.29) is 29.6 Å². The number of benzene rings is 2. The van der Waals surface area contributed by atoms with Crippen molar-refractivity contribution < 1.29 is 14.4 Å². The van der Waals surface area contributed by atoms with Gasteiger partial charge in [0.25, 0.3) is 5.91 Å². The van der Waals surface area contributed by atoms with E-state index in [4.69, 9.17) is 0 Å². The zero-order valence-corrected chi connectivity index (χ0v) is 15.1. The minimum absolute atomic E-state index is 0.0917. The first-order valence-corrected chi connectivity index (χ1v) is 9.45. The molecule has 4 rings (SSSR count). The van der Waals surface area contributed by atoms with Crippen LogP contribution in [0.15, 0.2) is 54.6 Å². The number of hydrogen-bond acceptors (Lipinski definition) is 3. The maximum atomic E-state index is 12.7. The molecular formula is C22H22N2O3. The molecular weight excluding hydrogens is 340 g/mol. The summed E-state index contributed by atoms with van der Waals surface area (Å²) < 4.78 is 0. The van der Waals surface area contributed by atoms with Crippen molar-refractivity contribution >= 4 is 23.4 Å². The number of anilines is 1. The topological polar surface area (TPSA) is 66.5 Å². The summed E-state index contributed by atoms with van der Waals surface area (Å²) in [6.45, 7) is 0.452. The molecule has 1 saturated carbocycles. The SMILES string of the molecule is O=C(NCc1ccccc1)c1ccc(N2C(=O)[C@@H]3CCCC[C@H]3C2=O)cc1. The molecule has 2 fully saturated rings. The molecule has 5 nitrogen and oxygen atoms in total. The van der Waals surface area contributed by atoms with Gasteiger partial charge < -0.3 is 5.32 Å². The molecule has 1 aliphatic carbocycles. The molecule has 1 N–H and O–H groups in total. The van der Waals surface area contributed by atoms with E-state index in [2.05, 4.69) is 5.32 Å². The Kier molecular flexibility index (Phi) is 4.75. The number of nitrogens with one attached hydrogen (secondary N) is 1. The lowest BCUT2D eigenvalue weighted by atomic mass is 9.81. The molecule has 1 heterocycles. The average Bonchev–Trinajstić information content (AvgIpc) is 2.98. The molecule has 3 amide bonds. The first-order chi connectivity index (χ1) is 13.1. The van der Waals surface area contributed by atoms with Gasteiger partial charge in [0.1, 0.15) is 0 Å². The van der Waals surface area contributed by atoms with Gasteiger partial charge in [-0.1, -0.05) is 43.2 Å². The zero-order chi connectivity index (χ0) is 18.8. The van der Waals surface area contributed by atoms with Gasteiger partial charge >= 0.3 is 0 Å². The molecule has 2 atom stereocenters. The average molecular weight is 362 g/mol. The Morgan fingerprint density at radius 3 is 2.07 bits per heavy atom. The van der Waals surface area contributed by atoms with Crippen LogP contribution in [-0.4, -0.2) is 17.7 Å². The van der Waals surface area contributed by atoms with Crippen LogP contribution in [0.3, 0.4) is 0 Å². The van der Waals surface area contributed by atoms with Crippen molar-refractivity contribution in [3.8, 4) is 0 Å². The van der Waals surface area contributed by atoms with Crippen LogP contribution >= 0.6 is 0 Å². The number of nitrogens with zero attached hydrogens (tertiary/aromatic N) is 1. The molecule has 0 spiro atoms. The van der Waals surface area contributed by atoms with Crippen LogP contribution in [-0.2, 0) is 16.1 Å². The monoisotopic (exact) mass is 362 g/mol. The number of imide groups is 1. The molecule has 0 aromatic heterocycles. The lowest BCUT2D eigenvalue weighted by Crippen LogP contribution is -2.31. The number of carbonyl (C=O) groups is 3. The lowest BCUT2D eigenvalue weighted by Gasteiger charge is -2.19. The van der Waals surface area contributed by atoms with E-state index in [1.807, 2.05) is 30.3 Å². The van der Waals surface area contributed by atoms with E-state index >= 15 is 0 Å². The fraction of sp³-hybridized carbons (Fsp3) is 0.318. The van der Waals surface area contributed by atoms with Gasteiger partial charge in [-0.25, -0.2) is 0 Å². The van der Waals surface area contributed by atoms with Crippen molar-refractivity contribution in [3.63, 3.8) is 0 Å². The van der Waals surface area contributed by atoms with Crippen molar-refractivity contribution in [1.82, 2.24) is 5.32 Å². The third-order valence-corrected chi connectivity index (χ3v) is 5.52. The summed E-state index contributed by atoms with van der Waals surface area (Å²) in [4.78, 5) is 38.9. The van der Waals surface area contributed by atoms with E-state index in [1.54, 1.807) is 24.3 Å². The van der Waals surface area contributed by atoms with Crippen molar-refractivity contribution in [2.45, 2.75) is 32.2 Å². The van der Waals surface area contributed by atoms with E-state index < -0.39 is 0 Å². The Hall–Kier alpha value is -2.95. The highest BCUT2D eigenvalue weighted by Crippen LogP contribution is 2.40. The predicted octanol–water partition coefficient (Wildman–Crippen LogP) is 3.30. The Morgan fingerprint density at radius 1 is 0.889 bits per heavy atom. The van der Waals surface area contributed by atoms with E-state index in [1.165, 1.54) is 4.90 Å². The van der Waals surface area contributed by atoms with E-state index in [0.29, 0.717) is 17.8 Å². The highest BCUT2D eigenvalue weighted by molar-refractivity contribution is 6.22. The number of hydrogen-bond donors (Lipinski definition) is 1. The molecule has 0 bridgehead atoms. The Morgan fingerprint density at radius 2 is 1.48 bits per heavy atom. The first kappa shape index (κ1) is 17.5. The molecule has 0 radical (unpaired) electrons. The molecule has 138 valence electrons. The minimum Gasteiger partial charge on any atom is -0.348 e. The van der Waals surface area contributed by atoms with Gasteiger partial charge in [0, 0.05) is 12.1 Å². The number of rotatable bonds is 4.